The minimum Gasteiger partial charge on any atom is -0.308 e. The van der Waals surface area contributed by atoms with Crippen LogP contribution in [0.2, 0.25) is 5.02 Å². The third-order valence-electron chi connectivity index (χ3n) is 3.23. The fraction of sp³-hybridized carbons (Fsp3) is 0. The zero-order valence-corrected chi connectivity index (χ0v) is 11.0. The summed E-state index contributed by atoms with van der Waals surface area (Å²) in [5.41, 5.74) is 2.95. The molecule has 0 aliphatic rings. The van der Waals surface area contributed by atoms with Gasteiger partial charge in [0.15, 0.2) is 0 Å². The van der Waals surface area contributed by atoms with Gasteiger partial charge in [0.05, 0.1) is 0 Å². The highest BCUT2D eigenvalue weighted by Crippen LogP contribution is 2.28. The number of hydrogen-bond donors (Lipinski definition) is 1. The highest BCUT2D eigenvalue weighted by atomic mass is 35.5. The average Bonchev–Trinajstić information content (AvgIpc) is 2.46. The van der Waals surface area contributed by atoms with Crippen LogP contribution in [0.5, 0.6) is 0 Å². The Kier molecular flexibility index (Phi) is 3.06. The van der Waals surface area contributed by atoms with Gasteiger partial charge in [0.2, 0.25) is 0 Å². The lowest BCUT2D eigenvalue weighted by molar-refractivity contribution is 1.53. The lowest BCUT2D eigenvalue weighted by Crippen LogP contribution is -1.87. The van der Waals surface area contributed by atoms with E-state index in [1.807, 2.05) is 30.3 Å². The molecule has 3 aromatic rings. The Balaban J connectivity index is 2.24. The van der Waals surface area contributed by atoms with Crippen molar-refractivity contribution >= 4 is 28.6 Å². The topological polar surface area (TPSA) is 23.9 Å². The van der Waals surface area contributed by atoms with Crippen LogP contribution in [-0.4, -0.2) is 6.21 Å². The van der Waals surface area contributed by atoms with Crippen LogP contribution in [0.3, 0.4) is 0 Å². The lowest BCUT2D eigenvalue weighted by Gasteiger charge is -2.08. The third kappa shape index (κ3) is 2.25. The zero-order valence-electron chi connectivity index (χ0n) is 10.2. The van der Waals surface area contributed by atoms with Crippen LogP contribution >= 0.6 is 11.6 Å². The van der Waals surface area contributed by atoms with Gasteiger partial charge < -0.3 is 5.41 Å². The molecule has 0 aromatic heterocycles. The van der Waals surface area contributed by atoms with Gasteiger partial charge in [-0.15, -0.1) is 0 Å². The van der Waals surface area contributed by atoms with E-state index < -0.39 is 0 Å². The Labute approximate surface area is 117 Å². The standard InChI is InChI=1S/C17H12ClN/c18-16-8-7-15(11-19)17(10-16)14-6-5-12-3-1-2-4-13(12)9-14/h1-11,19H. The Bertz CT molecular complexity index is 762. The molecular weight excluding hydrogens is 254 g/mol. The molecule has 3 rings (SSSR count). The first-order valence-electron chi connectivity index (χ1n) is 6.07. The van der Waals surface area contributed by atoms with Crippen LogP contribution < -0.4 is 0 Å². The summed E-state index contributed by atoms with van der Waals surface area (Å²) < 4.78 is 0. The van der Waals surface area contributed by atoms with Crippen molar-refractivity contribution in [3.05, 3.63) is 71.2 Å². The van der Waals surface area contributed by atoms with E-state index in [1.54, 1.807) is 0 Å². The van der Waals surface area contributed by atoms with Crippen LogP contribution in [0.1, 0.15) is 5.56 Å². The van der Waals surface area contributed by atoms with Gasteiger partial charge in [-0.3, -0.25) is 0 Å². The third-order valence-corrected chi connectivity index (χ3v) is 3.47. The number of halogens is 1. The molecule has 1 nitrogen and oxygen atoms in total. The normalized spacial score (nSPS) is 10.6. The maximum atomic E-state index is 7.50. The van der Waals surface area contributed by atoms with E-state index >= 15 is 0 Å². The first-order valence-corrected chi connectivity index (χ1v) is 6.45. The van der Waals surface area contributed by atoms with Crippen LogP contribution in [0.15, 0.2) is 60.7 Å². The van der Waals surface area contributed by atoms with E-state index in [1.165, 1.54) is 17.0 Å². The average molecular weight is 266 g/mol. The Morgan fingerprint density at radius 1 is 0.842 bits per heavy atom. The fourth-order valence-corrected chi connectivity index (χ4v) is 2.43. The van der Waals surface area contributed by atoms with Crippen molar-refractivity contribution in [1.29, 1.82) is 5.41 Å². The summed E-state index contributed by atoms with van der Waals surface area (Å²) in [6.07, 6.45) is 1.36. The van der Waals surface area contributed by atoms with E-state index in [4.69, 9.17) is 17.0 Å². The Morgan fingerprint density at radius 3 is 2.42 bits per heavy atom. The Hall–Kier alpha value is -2.12. The molecule has 0 heterocycles. The molecular formula is C17H12ClN. The molecule has 0 saturated carbocycles. The predicted molar refractivity (Wildman–Crippen MR) is 82.3 cm³/mol. The van der Waals surface area contributed by atoms with Crippen LogP contribution in [0.25, 0.3) is 21.9 Å². The van der Waals surface area contributed by atoms with Crippen molar-refractivity contribution in [2.45, 2.75) is 0 Å². The molecule has 0 fully saturated rings. The Morgan fingerprint density at radius 2 is 1.63 bits per heavy atom. The van der Waals surface area contributed by atoms with Crippen LogP contribution in [-0.2, 0) is 0 Å². The highest BCUT2D eigenvalue weighted by Gasteiger charge is 2.05. The van der Waals surface area contributed by atoms with Crippen molar-refractivity contribution < 1.29 is 0 Å². The van der Waals surface area contributed by atoms with Crippen LogP contribution in [0.4, 0.5) is 0 Å². The first-order chi connectivity index (χ1) is 9.28. The van der Waals surface area contributed by atoms with E-state index in [0.717, 1.165) is 16.7 Å². The van der Waals surface area contributed by atoms with Crippen molar-refractivity contribution in [3.63, 3.8) is 0 Å². The second kappa shape index (κ2) is 4.87. The van der Waals surface area contributed by atoms with Gasteiger partial charge in [-0.1, -0.05) is 54.1 Å². The molecule has 0 aliphatic heterocycles. The zero-order chi connectivity index (χ0) is 13.2. The SMILES string of the molecule is N=Cc1ccc(Cl)cc1-c1ccc2ccccc2c1. The molecule has 92 valence electrons. The first kappa shape index (κ1) is 11.9. The van der Waals surface area contributed by atoms with Gasteiger partial charge in [-0.2, -0.15) is 0 Å². The summed E-state index contributed by atoms with van der Waals surface area (Å²) in [6.45, 7) is 0. The summed E-state index contributed by atoms with van der Waals surface area (Å²) in [7, 11) is 0. The number of nitrogens with one attached hydrogen (secondary N) is 1. The van der Waals surface area contributed by atoms with Gasteiger partial charge in [-0.25, -0.2) is 0 Å². The second-order valence-electron chi connectivity index (χ2n) is 4.44. The monoisotopic (exact) mass is 265 g/mol. The summed E-state index contributed by atoms with van der Waals surface area (Å²) in [6, 6.07) is 20.1. The maximum Gasteiger partial charge on any atom is 0.0412 e. The molecule has 3 aromatic carbocycles. The largest absolute Gasteiger partial charge is 0.308 e. The smallest absolute Gasteiger partial charge is 0.0412 e. The maximum absolute atomic E-state index is 7.50. The summed E-state index contributed by atoms with van der Waals surface area (Å²) >= 11 is 6.07. The van der Waals surface area contributed by atoms with E-state index in [2.05, 4.69) is 30.3 Å². The number of fused-ring (bicyclic) bond motifs is 1. The summed E-state index contributed by atoms with van der Waals surface area (Å²) in [5, 5.41) is 10.6. The van der Waals surface area contributed by atoms with Gasteiger partial charge in [0.25, 0.3) is 0 Å². The summed E-state index contributed by atoms with van der Waals surface area (Å²) in [5.74, 6) is 0. The molecule has 0 atom stereocenters. The molecule has 0 saturated heterocycles. The van der Waals surface area contributed by atoms with E-state index in [-0.39, 0.29) is 0 Å². The van der Waals surface area contributed by atoms with Crippen molar-refractivity contribution in [2.24, 2.45) is 0 Å². The molecule has 0 radical (unpaired) electrons. The second-order valence-corrected chi connectivity index (χ2v) is 4.87. The van der Waals surface area contributed by atoms with Gasteiger partial charge >= 0.3 is 0 Å². The minimum atomic E-state index is 0.689. The van der Waals surface area contributed by atoms with Crippen LogP contribution in [0, 0.1) is 5.41 Å². The number of benzene rings is 3. The molecule has 19 heavy (non-hydrogen) atoms. The van der Waals surface area contributed by atoms with Gasteiger partial charge in [-0.05, 0) is 45.7 Å². The van der Waals surface area contributed by atoms with Crippen molar-refractivity contribution in [2.75, 3.05) is 0 Å². The molecule has 0 bridgehead atoms. The highest BCUT2D eigenvalue weighted by molar-refractivity contribution is 6.31. The fourth-order valence-electron chi connectivity index (χ4n) is 2.26. The van der Waals surface area contributed by atoms with Crippen molar-refractivity contribution in [1.82, 2.24) is 0 Å². The molecule has 1 N–H and O–H groups in total. The lowest BCUT2D eigenvalue weighted by atomic mass is 9.97. The number of rotatable bonds is 2. The van der Waals surface area contributed by atoms with E-state index in [9.17, 15) is 0 Å². The number of hydrogen-bond acceptors (Lipinski definition) is 1. The molecule has 0 unspecified atom stereocenters. The molecule has 2 heteroatoms. The molecule has 0 amide bonds. The van der Waals surface area contributed by atoms with Crippen molar-refractivity contribution in [3.8, 4) is 11.1 Å². The molecule has 0 aliphatic carbocycles. The molecule has 0 spiro atoms. The van der Waals surface area contributed by atoms with E-state index in [0.29, 0.717) is 5.02 Å². The van der Waals surface area contributed by atoms with Gasteiger partial charge in [0.1, 0.15) is 0 Å². The summed E-state index contributed by atoms with van der Waals surface area (Å²) in [4.78, 5) is 0. The predicted octanol–water partition coefficient (Wildman–Crippen LogP) is 5.16. The quantitative estimate of drug-likeness (QED) is 0.619. The minimum absolute atomic E-state index is 0.689. The van der Waals surface area contributed by atoms with Gasteiger partial charge in [0, 0.05) is 11.2 Å².